The predicted octanol–water partition coefficient (Wildman–Crippen LogP) is 4.05. The number of amides is 4. The molecule has 9 heteroatoms. The lowest BCUT2D eigenvalue weighted by Crippen LogP contribution is -2.54. The van der Waals surface area contributed by atoms with Gasteiger partial charge in [-0.2, -0.15) is 0 Å². The van der Waals surface area contributed by atoms with Gasteiger partial charge in [0.2, 0.25) is 17.7 Å². The van der Waals surface area contributed by atoms with Crippen LogP contribution in [0.3, 0.4) is 0 Å². The highest BCUT2D eigenvalue weighted by atomic mass is 16.6. The van der Waals surface area contributed by atoms with Gasteiger partial charge < -0.3 is 26.0 Å². The molecule has 2 atom stereocenters. The van der Waals surface area contributed by atoms with Crippen LogP contribution in [0.5, 0.6) is 0 Å². The van der Waals surface area contributed by atoms with Gasteiger partial charge in [0.25, 0.3) is 0 Å². The molecule has 0 bridgehead atoms. The molecule has 1 aromatic rings. The van der Waals surface area contributed by atoms with E-state index in [1.807, 2.05) is 39.0 Å². The molecule has 1 aromatic carbocycles. The van der Waals surface area contributed by atoms with E-state index in [1.54, 1.807) is 20.8 Å². The number of unbranched alkanes of at least 4 members (excludes halogenated alkanes) is 3. The van der Waals surface area contributed by atoms with Crippen molar-refractivity contribution in [2.24, 2.45) is 5.73 Å². The minimum atomic E-state index is -1.27. The van der Waals surface area contributed by atoms with E-state index in [4.69, 9.17) is 10.5 Å². The van der Waals surface area contributed by atoms with Crippen LogP contribution in [0, 0.1) is 13.8 Å². The van der Waals surface area contributed by atoms with Crippen LogP contribution in [0.25, 0.3) is 0 Å². The Bertz CT molecular complexity index is 905. The molecule has 0 radical (unpaired) electrons. The summed E-state index contributed by atoms with van der Waals surface area (Å²) in [6.07, 6.45) is 2.98. The van der Waals surface area contributed by atoms with Gasteiger partial charge in [-0.3, -0.25) is 14.4 Å². The molecule has 9 nitrogen and oxygen atoms in total. The third kappa shape index (κ3) is 10.8. The predicted molar refractivity (Wildman–Crippen MR) is 145 cm³/mol. The Morgan fingerprint density at radius 1 is 1.00 bits per heavy atom. The van der Waals surface area contributed by atoms with E-state index in [0.29, 0.717) is 13.0 Å². The van der Waals surface area contributed by atoms with Crippen molar-refractivity contribution in [2.45, 2.75) is 105 Å². The Hall–Kier alpha value is -3.10. The lowest BCUT2D eigenvalue weighted by atomic mass is 9.93. The zero-order valence-electron chi connectivity index (χ0n) is 23.6. The number of benzene rings is 1. The second-order valence-corrected chi connectivity index (χ2v) is 10.5. The summed E-state index contributed by atoms with van der Waals surface area (Å²) in [5, 5.41) is 5.51. The molecule has 4 N–H and O–H groups in total. The monoisotopic (exact) mass is 518 g/mol. The Kier molecular flexibility index (Phi) is 13.1. The molecule has 0 saturated carbocycles. The average molecular weight is 519 g/mol. The number of primary amides is 1. The molecule has 0 aliphatic carbocycles. The number of hydrogen-bond acceptors (Lipinski definition) is 5. The van der Waals surface area contributed by atoms with E-state index in [0.717, 1.165) is 42.4 Å². The second kappa shape index (κ2) is 15.2. The van der Waals surface area contributed by atoms with Crippen molar-refractivity contribution in [3.05, 3.63) is 34.9 Å². The van der Waals surface area contributed by atoms with E-state index < -0.39 is 42.0 Å². The molecule has 0 aliphatic rings. The van der Waals surface area contributed by atoms with Crippen LogP contribution < -0.4 is 16.4 Å². The molecule has 2 unspecified atom stereocenters. The fourth-order valence-electron chi connectivity index (χ4n) is 4.12. The zero-order valence-corrected chi connectivity index (χ0v) is 23.6. The lowest BCUT2D eigenvalue weighted by Gasteiger charge is -2.35. The summed E-state index contributed by atoms with van der Waals surface area (Å²) in [7, 11) is 0. The van der Waals surface area contributed by atoms with Gasteiger partial charge in [-0.15, -0.1) is 0 Å². The van der Waals surface area contributed by atoms with Gasteiger partial charge in [0.05, 0.1) is 6.42 Å². The fourth-order valence-corrected chi connectivity index (χ4v) is 4.12. The molecule has 4 amide bonds. The highest BCUT2D eigenvalue weighted by Crippen LogP contribution is 2.29. The number of ether oxygens (including phenoxy) is 1. The van der Waals surface area contributed by atoms with Gasteiger partial charge in [-0.25, -0.2) is 4.79 Å². The minimum absolute atomic E-state index is 0.265. The minimum Gasteiger partial charge on any atom is -0.444 e. The smallest absolute Gasteiger partial charge is 0.408 e. The maximum atomic E-state index is 14.0. The number of nitrogens with zero attached hydrogens (tertiary/aromatic N) is 1. The van der Waals surface area contributed by atoms with Crippen molar-refractivity contribution in [1.82, 2.24) is 15.5 Å². The van der Waals surface area contributed by atoms with Gasteiger partial charge in [0.1, 0.15) is 17.7 Å². The summed E-state index contributed by atoms with van der Waals surface area (Å²) >= 11 is 0. The summed E-state index contributed by atoms with van der Waals surface area (Å²) in [5.41, 5.74) is 7.11. The normalized spacial score (nSPS) is 12.8. The number of nitrogens with one attached hydrogen (secondary N) is 2. The van der Waals surface area contributed by atoms with Crippen molar-refractivity contribution in [3.8, 4) is 0 Å². The Morgan fingerprint density at radius 2 is 1.59 bits per heavy atom. The van der Waals surface area contributed by atoms with Crippen LogP contribution in [0.15, 0.2) is 18.2 Å². The van der Waals surface area contributed by atoms with Crippen LogP contribution in [0.2, 0.25) is 0 Å². The molecule has 0 fully saturated rings. The summed E-state index contributed by atoms with van der Waals surface area (Å²) in [6, 6.07) is 3.51. The molecule has 0 aromatic heterocycles. The maximum absolute atomic E-state index is 14.0. The van der Waals surface area contributed by atoms with Crippen LogP contribution in [0.4, 0.5) is 4.79 Å². The quantitative estimate of drug-likeness (QED) is 0.320. The molecule has 0 saturated heterocycles. The first-order valence-electron chi connectivity index (χ1n) is 13.2. The second-order valence-electron chi connectivity index (χ2n) is 10.5. The van der Waals surface area contributed by atoms with Crippen LogP contribution in [-0.4, -0.2) is 53.4 Å². The zero-order chi connectivity index (χ0) is 28.2. The standard InChI is InChI=1S/C28H46N4O5/c1-8-10-12-16-30-25(34)24(23-19(3)14-13-15-20(23)4)32(17-11-9-2)26(35)21(18-22(29)33)31-27(36)37-28(5,6)7/h13-15,21,24H,8-12,16-18H2,1-7H3,(H2,29,33)(H,30,34)(H,31,36). The van der Waals surface area contributed by atoms with Crippen LogP contribution >= 0.6 is 0 Å². The van der Waals surface area contributed by atoms with Crippen LogP contribution in [0.1, 0.15) is 95.9 Å². The fraction of sp³-hybridized carbons (Fsp3) is 0.643. The number of alkyl carbamates (subject to hydrolysis) is 1. The highest BCUT2D eigenvalue weighted by molar-refractivity contribution is 5.94. The largest absolute Gasteiger partial charge is 0.444 e. The van der Waals surface area contributed by atoms with Crippen LogP contribution in [-0.2, 0) is 19.1 Å². The average Bonchev–Trinajstić information content (AvgIpc) is 2.78. The Morgan fingerprint density at radius 3 is 2.11 bits per heavy atom. The maximum Gasteiger partial charge on any atom is 0.408 e. The van der Waals surface area contributed by atoms with Crippen molar-refractivity contribution in [1.29, 1.82) is 0 Å². The van der Waals surface area contributed by atoms with E-state index >= 15 is 0 Å². The van der Waals surface area contributed by atoms with Gasteiger partial charge in [0.15, 0.2) is 0 Å². The van der Waals surface area contributed by atoms with E-state index in [-0.39, 0.29) is 12.5 Å². The van der Waals surface area contributed by atoms with Gasteiger partial charge >= 0.3 is 6.09 Å². The van der Waals surface area contributed by atoms with Crippen molar-refractivity contribution < 1.29 is 23.9 Å². The summed E-state index contributed by atoms with van der Waals surface area (Å²) in [5.74, 6) is -1.61. The number of hydrogen-bond donors (Lipinski definition) is 3. The van der Waals surface area contributed by atoms with E-state index in [1.165, 1.54) is 4.90 Å². The molecule has 37 heavy (non-hydrogen) atoms. The number of aryl methyl sites for hydroxylation is 2. The summed E-state index contributed by atoms with van der Waals surface area (Å²) < 4.78 is 5.32. The Balaban J connectivity index is 3.51. The highest BCUT2D eigenvalue weighted by Gasteiger charge is 2.37. The number of nitrogens with two attached hydrogens (primary N) is 1. The van der Waals surface area contributed by atoms with E-state index in [2.05, 4.69) is 17.6 Å². The first-order chi connectivity index (χ1) is 17.3. The topological polar surface area (TPSA) is 131 Å². The molecule has 0 aliphatic heterocycles. The molecular formula is C28H46N4O5. The summed E-state index contributed by atoms with van der Waals surface area (Å²) in [6.45, 7) is 13.7. The van der Waals surface area contributed by atoms with Gasteiger partial charge in [0, 0.05) is 13.1 Å². The molecule has 1 rings (SSSR count). The van der Waals surface area contributed by atoms with Gasteiger partial charge in [-0.05, 0) is 64.2 Å². The van der Waals surface area contributed by atoms with E-state index in [9.17, 15) is 19.2 Å². The number of carbonyl (C=O) groups excluding carboxylic acids is 4. The van der Waals surface area contributed by atoms with Crippen molar-refractivity contribution in [3.63, 3.8) is 0 Å². The molecule has 0 heterocycles. The van der Waals surface area contributed by atoms with Crippen molar-refractivity contribution >= 4 is 23.8 Å². The summed E-state index contributed by atoms with van der Waals surface area (Å²) in [4.78, 5) is 53.5. The number of carbonyl (C=O) groups is 4. The molecular weight excluding hydrogens is 472 g/mol. The SMILES string of the molecule is CCCCCNC(=O)C(c1c(C)cccc1C)N(CCCC)C(=O)C(CC(N)=O)NC(=O)OC(C)(C)C. The lowest BCUT2D eigenvalue weighted by molar-refractivity contribution is -0.143. The first-order valence-corrected chi connectivity index (χ1v) is 13.2. The van der Waals surface area contributed by atoms with Crippen molar-refractivity contribution in [2.75, 3.05) is 13.1 Å². The third-order valence-electron chi connectivity index (χ3n) is 5.89. The molecule has 0 spiro atoms. The number of rotatable bonds is 14. The Labute approximate surface area is 221 Å². The first kappa shape index (κ1) is 31.9. The molecule has 208 valence electrons. The third-order valence-corrected chi connectivity index (χ3v) is 5.89. The van der Waals surface area contributed by atoms with Gasteiger partial charge in [-0.1, -0.05) is 51.3 Å².